The van der Waals surface area contributed by atoms with Crippen LogP contribution in [0.4, 0.5) is 10.1 Å². The quantitative estimate of drug-likeness (QED) is 0.875. The van der Waals surface area contributed by atoms with Gasteiger partial charge >= 0.3 is 0 Å². The number of hydrogen-bond acceptors (Lipinski definition) is 3. The van der Waals surface area contributed by atoms with Crippen LogP contribution in [-0.4, -0.2) is 18.6 Å². The lowest BCUT2D eigenvalue weighted by atomic mass is 10.2. The Hall–Kier alpha value is -1.89. The maximum atomic E-state index is 13.5. The van der Waals surface area contributed by atoms with E-state index in [9.17, 15) is 12.8 Å². The largest absolute Gasteiger partial charge is 0.278 e. The Morgan fingerprint density at radius 2 is 2.12 bits per heavy atom. The summed E-state index contributed by atoms with van der Waals surface area (Å²) in [4.78, 5) is 0. The Balaban J connectivity index is 2.40. The van der Waals surface area contributed by atoms with Crippen molar-refractivity contribution in [2.45, 2.75) is 11.9 Å². The Morgan fingerprint density at radius 3 is 2.71 bits per heavy atom. The summed E-state index contributed by atoms with van der Waals surface area (Å²) < 4.78 is 39.3. The molecule has 0 aliphatic rings. The molecule has 0 saturated carbocycles. The highest BCUT2D eigenvalue weighted by molar-refractivity contribution is 7.92. The first kappa shape index (κ1) is 11.6. The van der Waals surface area contributed by atoms with Crippen molar-refractivity contribution < 1.29 is 12.8 Å². The lowest BCUT2D eigenvalue weighted by Crippen LogP contribution is -2.15. The van der Waals surface area contributed by atoms with Crippen molar-refractivity contribution in [3.05, 3.63) is 41.8 Å². The zero-order valence-corrected chi connectivity index (χ0v) is 9.75. The highest BCUT2D eigenvalue weighted by atomic mass is 32.2. The number of nitrogens with zero attached hydrogens (tertiary/aromatic N) is 1. The molecule has 0 atom stereocenters. The molecule has 1 aromatic carbocycles. The van der Waals surface area contributed by atoms with Gasteiger partial charge in [-0.2, -0.15) is 13.5 Å². The number of aromatic nitrogens is 2. The van der Waals surface area contributed by atoms with E-state index in [1.165, 1.54) is 24.4 Å². The molecule has 2 aromatic rings. The number of halogens is 1. The Kier molecular flexibility index (Phi) is 2.84. The van der Waals surface area contributed by atoms with E-state index in [0.717, 1.165) is 0 Å². The van der Waals surface area contributed by atoms with E-state index >= 15 is 0 Å². The molecule has 0 spiro atoms. The van der Waals surface area contributed by atoms with Crippen molar-refractivity contribution in [1.29, 1.82) is 0 Å². The third kappa shape index (κ3) is 2.28. The summed E-state index contributed by atoms with van der Waals surface area (Å²) in [7, 11) is -3.82. The minimum atomic E-state index is -3.82. The molecule has 0 amide bonds. The monoisotopic (exact) mass is 255 g/mol. The van der Waals surface area contributed by atoms with Gasteiger partial charge in [-0.3, -0.25) is 9.82 Å². The van der Waals surface area contributed by atoms with Gasteiger partial charge in [-0.05, 0) is 24.6 Å². The predicted octanol–water partition coefficient (Wildman–Crippen LogP) is 1.66. The average molecular weight is 255 g/mol. The summed E-state index contributed by atoms with van der Waals surface area (Å²) in [5.41, 5.74) is 0.454. The van der Waals surface area contributed by atoms with Crippen molar-refractivity contribution in [2.75, 3.05) is 4.72 Å². The fourth-order valence-electron chi connectivity index (χ4n) is 1.34. The first-order chi connectivity index (χ1) is 8.00. The molecule has 2 rings (SSSR count). The Morgan fingerprint density at radius 1 is 1.35 bits per heavy atom. The number of sulfonamides is 1. The molecule has 0 aliphatic carbocycles. The molecule has 5 nitrogen and oxygen atoms in total. The van der Waals surface area contributed by atoms with Gasteiger partial charge in [-0.1, -0.05) is 12.1 Å². The van der Waals surface area contributed by atoms with Crippen molar-refractivity contribution in [3.8, 4) is 0 Å². The van der Waals surface area contributed by atoms with Crippen LogP contribution in [0.1, 0.15) is 5.56 Å². The van der Waals surface area contributed by atoms with E-state index in [4.69, 9.17) is 0 Å². The molecular weight excluding hydrogens is 245 g/mol. The number of nitrogens with one attached hydrogen (secondary N) is 2. The van der Waals surface area contributed by atoms with E-state index in [0.29, 0.717) is 5.56 Å². The molecule has 17 heavy (non-hydrogen) atoms. The van der Waals surface area contributed by atoms with Gasteiger partial charge in [0.25, 0.3) is 10.0 Å². The molecule has 90 valence electrons. The summed E-state index contributed by atoms with van der Waals surface area (Å²) in [5, 5.41) is 5.74. The highest BCUT2D eigenvalue weighted by Gasteiger charge is 2.18. The first-order valence-corrected chi connectivity index (χ1v) is 6.26. The third-order valence-electron chi connectivity index (χ3n) is 2.22. The summed E-state index contributed by atoms with van der Waals surface area (Å²) in [6, 6.07) is 5.61. The maximum Gasteiger partial charge on any atom is 0.278 e. The molecule has 0 unspecified atom stereocenters. The molecule has 2 N–H and O–H groups in total. The number of aryl methyl sites for hydroxylation is 1. The standard InChI is InChI=1S/C10H10FN3O2S/c1-7-3-2-4-8(11)10(7)14-17(15,16)9-5-6-12-13-9/h2-6,14H,1H3,(H,12,13). The second-order valence-corrected chi connectivity index (χ2v) is 5.11. The number of H-pyrrole nitrogens is 1. The van der Waals surface area contributed by atoms with Crippen molar-refractivity contribution in [1.82, 2.24) is 10.2 Å². The smallest absolute Gasteiger partial charge is 0.275 e. The lowest BCUT2D eigenvalue weighted by molar-refractivity contribution is 0.594. The van der Waals surface area contributed by atoms with Crippen LogP contribution in [0.5, 0.6) is 0 Å². The van der Waals surface area contributed by atoms with Gasteiger partial charge in [0.1, 0.15) is 5.82 Å². The molecule has 7 heteroatoms. The second-order valence-electron chi connectivity index (χ2n) is 3.46. The molecule has 0 bridgehead atoms. The highest BCUT2D eigenvalue weighted by Crippen LogP contribution is 2.21. The Bertz CT molecular complexity index is 603. The number of benzene rings is 1. The Labute approximate surface area is 97.7 Å². The third-order valence-corrected chi connectivity index (χ3v) is 3.50. The van der Waals surface area contributed by atoms with Crippen LogP contribution in [0.2, 0.25) is 0 Å². The van der Waals surface area contributed by atoms with Gasteiger partial charge in [0.2, 0.25) is 0 Å². The van der Waals surface area contributed by atoms with Crippen LogP contribution in [0, 0.1) is 12.7 Å². The summed E-state index contributed by atoms with van der Waals surface area (Å²) in [6.45, 7) is 1.62. The first-order valence-electron chi connectivity index (χ1n) is 4.78. The van der Waals surface area contributed by atoms with Gasteiger partial charge in [-0.25, -0.2) is 4.39 Å². The minimum absolute atomic E-state index is 0.0536. The molecule has 0 saturated heterocycles. The van der Waals surface area contributed by atoms with Crippen molar-refractivity contribution in [2.24, 2.45) is 0 Å². The number of hydrogen-bond donors (Lipinski definition) is 2. The van der Waals surface area contributed by atoms with Crippen LogP contribution >= 0.6 is 0 Å². The average Bonchev–Trinajstić information content (AvgIpc) is 2.77. The SMILES string of the molecule is Cc1cccc(F)c1NS(=O)(=O)c1ccn[nH]1. The van der Waals surface area contributed by atoms with E-state index in [1.807, 2.05) is 0 Å². The van der Waals surface area contributed by atoms with Crippen LogP contribution < -0.4 is 4.72 Å². The van der Waals surface area contributed by atoms with Gasteiger partial charge in [0.05, 0.1) is 11.9 Å². The topological polar surface area (TPSA) is 74.8 Å². The van der Waals surface area contributed by atoms with Crippen molar-refractivity contribution in [3.63, 3.8) is 0 Å². The zero-order valence-electron chi connectivity index (χ0n) is 8.94. The van der Waals surface area contributed by atoms with E-state index in [-0.39, 0.29) is 10.7 Å². The normalized spacial score (nSPS) is 11.4. The van der Waals surface area contributed by atoms with Crippen molar-refractivity contribution >= 4 is 15.7 Å². The molecule has 1 heterocycles. The lowest BCUT2D eigenvalue weighted by Gasteiger charge is -2.09. The molecular formula is C10H10FN3O2S. The number of aromatic amines is 1. The number of para-hydroxylation sites is 1. The van der Waals surface area contributed by atoms with Gasteiger partial charge in [-0.15, -0.1) is 0 Å². The second kappa shape index (κ2) is 4.17. The molecule has 0 fully saturated rings. The summed E-state index contributed by atoms with van der Waals surface area (Å²) in [5.74, 6) is -0.618. The van der Waals surface area contributed by atoms with Gasteiger partial charge in [0.15, 0.2) is 5.03 Å². The van der Waals surface area contributed by atoms with Gasteiger partial charge in [0, 0.05) is 0 Å². The van der Waals surface area contributed by atoms with E-state index in [2.05, 4.69) is 14.9 Å². The summed E-state index contributed by atoms with van der Waals surface area (Å²) >= 11 is 0. The minimum Gasteiger partial charge on any atom is -0.275 e. The van der Waals surface area contributed by atoms with Crippen LogP contribution in [0.3, 0.4) is 0 Å². The zero-order chi connectivity index (χ0) is 12.5. The number of anilines is 1. The van der Waals surface area contributed by atoms with Gasteiger partial charge < -0.3 is 0 Å². The number of rotatable bonds is 3. The van der Waals surface area contributed by atoms with E-state index in [1.54, 1.807) is 13.0 Å². The predicted molar refractivity (Wildman–Crippen MR) is 60.5 cm³/mol. The maximum absolute atomic E-state index is 13.5. The van der Waals surface area contributed by atoms with Crippen LogP contribution in [0.15, 0.2) is 35.5 Å². The molecule has 0 aliphatic heterocycles. The molecule has 0 radical (unpaired) electrons. The van der Waals surface area contributed by atoms with Crippen LogP contribution in [-0.2, 0) is 10.0 Å². The van der Waals surface area contributed by atoms with E-state index < -0.39 is 15.8 Å². The fraction of sp³-hybridized carbons (Fsp3) is 0.100. The molecule has 1 aromatic heterocycles. The fourth-order valence-corrected chi connectivity index (χ4v) is 2.39. The summed E-state index contributed by atoms with van der Waals surface area (Å²) in [6.07, 6.45) is 1.31. The van der Waals surface area contributed by atoms with Crippen LogP contribution in [0.25, 0.3) is 0 Å².